The molecule has 8 rings (SSSR count). The Morgan fingerprint density at radius 2 is 1.73 bits per heavy atom. The molecule has 2 aliphatic heterocycles. The SMILES string of the molecule is C=CCn1c(=O)c2cnc(Nc3ccc([C@@H](O)CN4CCN(c5ccc(NC6CCC(=O)NC6=O)cc5)CC4)cc3)nc2n1-c1ccc2c(n1)[C@@](O)(CI)CC2. The molecule has 2 amide bonds. The molecule has 0 saturated carbocycles. The molecule has 1 unspecified atom stereocenters. The van der Waals surface area contributed by atoms with Crippen LogP contribution < -0.4 is 26.4 Å². The van der Waals surface area contributed by atoms with Crippen LogP contribution in [0.3, 0.4) is 0 Å². The van der Waals surface area contributed by atoms with Gasteiger partial charge in [-0.2, -0.15) is 4.98 Å². The standard InChI is InChI=1S/C40H43IN10O5/c1-2-17-50-38(55)30-22-42-39(47-36(30)51(50)33-13-5-26-15-16-40(56,24-41)35(26)45-33)44-28-6-3-25(4-7-28)32(52)23-48-18-20-49(21-19-48)29-10-8-27(9-11-29)43-31-12-14-34(53)46-37(31)54/h2-11,13,22,31-32,43,52,56H,1,12,14-21,23-24H2,(H,42,44,47)(H,46,53,54)/t31?,32-,40-/m0/s1. The number of hydrogen-bond donors (Lipinski definition) is 5. The minimum atomic E-state index is -1.02. The van der Waals surface area contributed by atoms with Crippen molar-refractivity contribution in [3.05, 3.63) is 107 Å². The quantitative estimate of drug-likeness (QED) is 0.0534. The molecule has 0 spiro atoms. The number of aryl methyl sites for hydroxylation is 1. The van der Waals surface area contributed by atoms with Crippen molar-refractivity contribution in [2.75, 3.05) is 52.7 Å². The monoisotopic (exact) mass is 870 g/mol. The van der Waals surface area contributed by atoms with E-state index in [1.807, 2.05) is 60.7 Å². The molecule has 5 N–H and O–H groups in total. The van der Waals surface area contributed by atoms with Gasteiger partial charge in [-0.05, 0) is 72.9 Å². The van der Waals surface area contributed by atoms with E-state index in [2.05, 4.69) is 59.9 Å². The highest BCUT2D eigenvalue weighted by molar-refractivity contribution is 14.1. The number of carbonyl (C=O) groups excluding carboxylic acids is 2. The maximum atomic E-state index is 13.5. The Morgan fingerprint density at radius 3 is 2.45 bits per heavy atom. The number of halogens is 1. The summed E-state index contributed by atoms with van der Waals surface area (Å²) in [7, 11) is 0. The summed E-state index contributed by atoms with van der Waals surface area (Å²) in [5.74, 6) is 0.244. The van der Waals surface area contributed by atoms with Gasteiger partial charge in [-0.25, -0.2) is 19.3 Å². The first-order valence-corrected chi connectivity index (χ1v) is 20.3. The molecule has 2 fully saturated rings. The second-order valence-electron chi connectivity index (χ2n) is 14.5. The number of fused-ring (bicyclic) bond motifs is 2. The lowest BCUT2D eigenvalue weighted by atomic mass is 10.0. The van der Waals surface area contributed by atoms with Crippen molar-refractivity contribution >= 4 is 68.4 Å². The maximum Gasteiger partial charge on any atom is 0.278 e. The van der Waals surface area contributed by atoms with Crippen LogP contribution >= 0.6 is 22.6 Å². The van der Waals surface area contributed by atoms with E-state index in [0.717, 1.165) is 60.8 Å². The van der Waals surface area contributed by atoms with E-state index in [-0.39, 0.29) is 23.9 Å². The largest absolute Gasteiger partial charge is 0.387 e. The smallest absolute Gasteiger partial charge is 0.278 e. The number of anilines is 4. The van der Waals surface area contributed by atoms with E-state index < -0.39 is 17.7 Å². The Labute approximate surface area is 336 Å². The molecule has 2 saturated heterocycles. The predicted octanol–water partition coefficient (Wildman–Crippen LogP) is 3.55. The summed E-state index contributed by atoms with van der Waals surface area (Å²) in [6.07, 6.45) is 4.62. The lowest BCUT2D eigenvalue weighted by Gasteiger charge is -2.37. The number of benzene rings is 2. The van der Waals surface area contributed by atoms with Gasteiger partial charge in [0, 0.05) is 66.8 Å². The number of pyridine rings is 1. The Hall–Kier alpha value is -5.17. The highest BCUT2D eigenvalue weighted by Crippen LogP contribution is 2.37. The van der Waals surface area contributed by atoms with E-state index in [4.69, 9.17) is 9.97 Å². The van der Waals surface area contributed by atoms with E-state index in [1.54, 1.807) is 10.8 Å². The molecule has 3 aliphatic rings. The van der Waals surface area contributed by atoms with Crippen LogP contribution in [0.1, 0.15) is 42.2 Å². The molecule has 0 radical (unpaired) electrons. The minimum absolute atomic E-state index is 0.230. The lowest BCUT2D eigenvalue weighted by molar-refractivity contribution is -0.133. The van der Waals surface area contributed by atoms with Crippen molar-refractivity contribution in [2.45, 2.75) is 50.0 Å². The van der Waals surface area contributed by atoms with Gasteiger partial charge in [0.15, 0.2) is 11.5 Å². The molecule has 2 aromatic carbocycles. The predicted molar refractivity (Wildman–Crippen MR) is 222 cm³/mol. The van der Waals surface area contributed by atoms with Crippen molar-refractivity contribution < 1.29 is 19.8 Å². The number of amides is 2. The van der Waals surface area contributed by atoms with Crippen LogP contribution in [-0.4, -0.2) is 94.4 Å². The summed E-state index contributed by atoms with van der Waals surface area (Å²) in [4.78, 5) is 55.6. The number of nitrogens with one attached hydrogen (secondary N) is 3. The number of β-amino-alcohol motifs (C(OH)–C–C–N with tert-alkyl or cyclic N) is 1. The van der Waals surface area contributed by atoms with Gasteiger partial charge in [0.2, 0.25) is 17.8 Å². The van der Waals surface area contributed by atoms with Crippen molar-refractivity contribution in [1.82, 2.24) is 34.5 Å². The van der Waals surface area contributed by atoms with Crippen molar-refractivity contribution in [2.24, 2.45) is 0 Å². The average Bonchev–Trinajstić information content (AvgIpc) is 3.69. The molecule has 16 heteroatoms. The summed E-state index contributed by atoms with van der Waals surface area (Å²) < 4.78 is 3.69. The topological polar surface area (TPSA) is 183 Å². The summed E-state index contributed by atoms with van der Waals surface area (Å²) >= 11 is 2.18. The maximum absolute atomic E-state index is 13.5. The number of nitrogens with zero attached hydrogens (tertiary/aromatic N) is 7. The van der Waals surface area contributed by atoms with Crippen molar-refractivity contribution in [1.29, 1.82) is 0 Å². The zero-order valence-electron chi connectivity index (χ0n) is 30.7. The molecule has 3 aromatic heterocycles. The van der Waals surface area contributed by atoms with Crippen LogP contribution in [0.2, 0.25) is 0 Å². The molecular weight excluding hydrogens is 827 g/mol. The van der Waals surface area contributed by atoms with Crippen LogP contribution in [0.25, 0.3) is 16.9 Å². The Balaban J connectivity index is 0.896. The fourth-order valence-corrected chi connectivity index (χ4v) is 8.40. The van der Waals surface area contributed by atoms with Gasteiger partial charge in [0.05, 0.1) is 18.3 Å². The fraction of sp³-hybridized carbons (Fsp3) is 0.350. The number of piperazine rings is 1. The van der Waals surface area contributed by atoms with Crippen LogP contribution in [0.15, 0.2) is 84.3 Å². The number of carbonyl (C=O) groups is 2. The first-order chi connectivity index (χ1) is 27.1. The molecule has 3 atom stereocenters. The van der Waals surface area contributed by atoms with Gasteiger partial charge >= 0.3 is 0 Å². The lowest BCUT2D eigenvalue weighted by Crippen LogP contribution is -2.47. The highest BCUT2D eigenvalue weighted by atomic mass is 127. The van der Waals surface area contributed by atoms with E-state index >= 15 is 0 Å². The first-order valence-electron chi connectivity index (χ1n) is 18.7. The number of hydrogen-bond acceptors (Lipinski definition) is 12. The van der Waals surface area contributed by atoms with Crippen molar-refractivity contribution in [3.63, 3.8) is 0 Å². The summed E-state index contributed by atoms with van der Waals surface area (Å²) in [6, 6.07) is 18.9. The van der Waals surface area contributed by atoms with Crippen LogP contribution in [-0.2, 0) is 28.2 Å². The Bertz CT molecular complexity index is 2340. The molecule has 5 aromatic rings. The van der Waals surface area contributed by atoms with Crippen LogP contribution in [0.5, 0.6) is 0 Å². The number of aliphatic hydroxyl groups excluding tert-OH is 1. The summed E-state index contributed by atoms with van der Waals surface area (Å²) in [6.45, 7) is 7.79. The second-order valence-corrected chi connectivity index (χ2v) is 15.3. The number of aliphatic hydroxyl groups is 2. The van der Waals surface area contributed by atoms with Crippen molar-refractivity contribution in [3.8, 4) is 5.82 Å². The Kier molecular flexibility index (Phi) is 10.6. The zero-order chi connectivity index (χ0) is 39.0. The minimum Gasteiger partial charge on any atom is -0.387 e. The number of aromatic nitrogens is 5. The van der Waals surface area contributed by atoms with Gasteiger partial charge in [-0.15, -0.1) is 6.58 Å². The van der Waals surface area contributed by atoms with Gasteiger partial charge in [0.25, 0.3) is 5.56 Å². The molecule has 15 nitrogen and oxygen atoms in total. The van der Waals surface area contributed by atoms with E-state index in [0.29, 0.717) is 58.7 Å². The van der Waals surface area contributed by atoms with Gasteiger partial charge < -0.3 is 25.7 Å². The highest BCUT2D eigenvalue weighted by Gasteiger charge is 2.38. The third kappa shape index (κ3) is 7.53. The number of allylic oxidation sites excluding steroid dienone is 1. The summed E-state index contributed by atoms with van der Waals surface area (Å²) in [5, 5.41) is 31.5. The second kappa shape index (κ2) is 15.8. The Morgan fingerprint density at radius 1 is 0.982 bits per heavy atom. The van der Waals surface area contributed by atoms with Gasteiger partial charge in [-0.1, -0.05) is 46.9 Å². The van der Waals surface area contributed by atoms with E-state index in [9.17, 15) is 24.6 Å². The molecule has 290 valence electrons. The molecule has 0 bridgehead atoms. The summed E-state index contributed by atoms with van der Waals surface area (Å²) in [5.41, 5.74) is 4.14. The zero-order valence-corrected chi connectivity index (χ0v) is 32.9. The molecule has 56 heavy (non-hydrogen) atoms. The average molecular weight is 871 g/mol. The number of alkyl halides is 1. The fourth-order valence-electron chi connectivity index (χ4n) is 7.66. The van der Waals surface area contributed by atoms with E-state index in [1.165, 1.54) is 10.9 Å². The third-order valence-corrected chi connectivity index (χ3v) is 12.1. The molecule has 1 aliphatic carbocycles. The molecule has 5 heterocycles. The van der Waals surface area contributed by atoms with Crippen LogP contribution in [0.4, 0.5) is 23.0 Å². The van der Waals surface area contributed by atoms with Gasteiger partial charge in [-0.3, -0.25) is 24.6 Å². The van der Waals surface area contributed by atoms with Crippen LogP contribution in [0, 0.1) is 0 Å². The number of imide groups is 1. The number of piperidine rings is 1. The normalized spacial score (nSPS) is 20.5. The van der Waals surface area contributed by atoms with Gasteiger partial charge in [0.1, 0.15) is 17.0 Å². The first kappa shape index (κ1) is 37.7. The number of rotatable bonds is 12. The molecular formula is C40H43IN10O5. The third-order valence-electron chi connectivity index (χ3n) is 10.8.